The summed E-state index contributed by atoms with van der Waals surface area (Å²) in [6, 6.07) is 10.1. The van der Waals surface area contributed by atoms with Crippen LogP contribution in [0, 0.1) is 18.3 Å². The smallest absolute Gasteiger partial charge is 0.266 e. The van der Waals surface area contributed by atoms with Crippen LogP contribution in [0.4, 0.5) is 0 Å². The van der Waals surface area contributed by atoms with Crippen molar-refractivity contribution in [3.8, 4) is 17.2 Å². The largest absolute Gasteiger partial charge is 0.328 e. The zero-order valence-electron chi connectivity index (χ0n) is 12.2. The highest BCUT2D eigenvalue weighted by Crippen LogP contribution is 2.28. The van der Waals surface area contributed by atoms with E-state index in [-0.39, 0.29) is 16.5 Å². The highest BCUT2D eigenvalue weighted by Gasteiger charge is 2.15. The Kier molecular flexibility index (Phi) is 3.50. The molecular weight excluding hydrogens is 248 g/mol. The van der Waals surface area contributed by atoms with Crippen LogP contribution in [-0.4, -0.2) is 4.98 Å². The van der Waals surface area contributed by atoms with Gasteiger partial charge in [-0.1, -0.05) is 45.0 Å². The second-order valence-corrected chi connectivity index (χ2v) is 5.99. The summed E-state index contributed by atoms with van der Waals surface area (Å²) in [5.41, 5.74) is 3.66. The van der Waals surface area contributed by atoms with E-state index in [0.717, 1.165) is 16.7 Å². The van der Waals surface area contributed by atoms with Crippen molar-refractivity contribution in [2.75, 3.05) is 0 Å². The number of aromatic amines is 1. The topological polar surface area (TPSA) is 56.6 Å². The van der Waals surface area contributed by atoms with E-state index in [9.17, 15) is 10.1 Å². The monoisotopic (exact) mass is 266 g/mol. The fourth-order valence-corrected chi connectivity index (χ4v) is 2.24. The van der Waals surface area contributed by atoms with Crippen LogP contribution in [0.1, 0.15) is 37.5 Å². The molecule has 102 valence electrons. The molecule has 0 unspecified atom stereocenters. The van der Waals surface area contributed by atoms with Crippen LogP contribution in [0.2, 0.25) is 0 Å². The number of pyridine rings is 1. The van der Waals surface area contributed by atoms with Crippen molar-refractivity contribution in [3.63, 3.8) is 0 Å². The number of nitriles is 1. The van der Waals surface area contributed by atoms with Crippen molar-refractivity contribution in [2.45, 2.75) is 33.1 Å². The van der Waals surface area contributed by atoms with Crippen LogP contribution in [-0.2, 0) is 5.41 Å². The van der Waals surface area contributed by atoms with Crippen molar-refractivity contribution in [1.29, 1.82) is 5.26 Å². The van der Waals surface area contributed by atoms with Gasteiger partial charge >= 0.3 is 0 Å². The summed E-state index contributed by atoms with van der Waals surface area (Å²) in [5, 5.41) is 9.20. The molecule has 0 fully saturated rings. The molecule has 0 amide bonds. The highest BCUT2D eigenvalue weighted by molar-refractivity contribution is 5.73. The van der Waals surface area contributed by atoms with Crippen LogP contribution in [0.5, 0.6) is 0 Å². The molecule has 0 aliphatic carbocycles. The summed E-state index contributed by atoms with van der Waals surface area (Å²) in [5.74, 6) is 0. The summed E-state index contributed by atoms with van der Waals surface area (Å²) in [6.45, 7) is 8.35. The lowest BCUT2D eigenvalue weighted by Crippen LogP contribution is -2.13. The summed E-state index contributed by atoms with van der Waals surface area (Å²) in [6.07, 6.45) is 1.65. The number of aromatic nitrogens is 1. The number of hydrogen-bond donors (Lipinski definition) is 1. The highest BCUT2D eigenvalue weighted by atomic mass is 16.1. The SMILES string of the molecule is Cc1c[nH]c(=O)c(C#N)c1-c1ccc(C(C)(C)C)cc1. The molecule has 0 saturated heterocycles. The molecule has 1 aromatic carbocycles. The molecule has 1 N–H and O–H groups in total. The first-order valence-corrected chi connectivity index (χ1v) is 6.58. The molecule has 0 spiro atoms. The van der Waals surface area contributed by atoms with E-state index >= 15 is 0 Å². The zero-order valence-corrected chi connectivity index (χ0v) is 12.2. The van der Waals surface area contributed by atoms with E-state index in [1.807, 2.05) is 25.1 Å². The second kappa shape index (κ2) is 4.97. The third kappa shape index (κ3) is 2.50. The first kappa shape index (κ1) is 14.1. The lowest BCUT2D eigenvalue weighted by Gasteiger charge is -2.19. The van der Waals surface area contributed by atoms with E-state index in [2.05, 4.69) is 37.9 Å². The minimum absolute atomic E-state index is 0.0831. The van der Waals surface area contributed by atoms with Gasteiger partial charge in [0.15, 0.2) is 0 Å². The van der Waals surface area contributed by atoms with Gasteiger partial charge in [0, 0.05) is 11.8 Å². The van der Waals surface area contributed by atoms with Gasteiger partial charge < -0.3 is 4.98 Å². The van der Waals surface area contributed by atoms with Gasteiger partial charge in [0.1, 0.15) is 11.6 Å². The Morgan fingerprint density at radius 1 is 1.15 bits per heavy atom. The van der Waals surface area contributed by atoms with Gasteiger partial charge in [-0.05, 0) is 29.0 Å². The van der Waals surface area contributed by atoms with E-state index in [4.69, 9.17) is 0 Å². The van der Waals surface area contributed by atoms with Crippen molar-refractivity contribution >= 4 is 0 Å². The van der Waals surface area contributed by atoms with E-state index in [1.165, 1.54) is 5.56 Å². The lowest BCUT2D eigenvalue weighted by atomic mass is 9.85. The van der Waals surface area contributed by atoms with Gasteiger partial charge in [-0.25, -0.2) is 0 Å². The van der Waals surface area contributed by atoms with Crippen LogP contribution in [0.3, 0.4) is 0 Å². The average Bonchev–Trinajstić information content (AvgIpc) is 2.40. The van der Waals surface area contributed by atoms with Gasteiger partial charge in [-0.15, -0.1) is 0 Å². The Labute approximate surface area is 118 Å². The Bertz CT molecular complexity index is 726. The van der Waals surface area contributed by atoms with Gasteiger partial charge in [-0.2, -0.15) is 5.26 Å². The quantitative estimate of drug-likeness (QED) is 0.858. The van der Waals surface area contributed by atoms with Gasteiger partial charge in [-0.3, -0.25) is 4.79 Å². The number of nitrogens with zero attached hydrogens (tertiary/aromatic N) is 1. The summed E-state index contributed by atoms with van der Waals surface area (Å²) >= 11 is 0. The van der Waals surface area contributed by atoms with Gasteiger partial charge in [0.2, 0.25) is 0 Å². The normalized spacial score (nSPS) is 11.2. The third-order valence-electron chi connectivity index (χ3n) is 3.44. The van der Waals surface area contributed by atoms with Crippen LogP contribution < -0.4 is 5.56 Å². The van der Waals surface area contributed by atoms with Crippen molar-refractivity contribution in [1.82, 2.24) is 4.98 Å². The molecule has 2 rings (SSSR count). The molecule has 1 heterocycles. The van der Waals surface area contributed by atoms with E-state index in [0.29, 0.717) is 0 Å². The van der Waals surface area contributed by atoms with E-state index in [1.54, 1.807) is 6.20 Å². The fourth-order valence-electron chi connectivity index (χ4n) is 2.24. The maximum absolute atomic E-state index is 11.7. The number of aryl methyl sites for hydroxylation is 1. The molecular formula is C17H18N2O. The number of benzene rings is 1. The molecule has 1 aromatic heterocycles. The molecule has 3 heteroatoms. The number of nitrogens with one attached hydrogen (secondary N) is 1. The van der Waals surface area contributed by atoms with Crippen LogP contribution in [0.15, 0.2) is 35.3 Å². The Morgan fingerprint density at radius 2 is 1.75 bits per heavy atom. The number of H-pyrrole nitrogens is 1. The molecule has 0 radical (unpaired) electrons. The van der Waals surface area contributed by atoms with Crippen molar-refractivity contribution < 1.29 is 0 Å². The Morgan fingerprint density at radius 3 is 2.25 bits per heavy atom. The van der Waals surface area contributed by atoms with Gasteiger partial charge in [0.25, 0.3) is 5.56 Å². The minimum atomic E-state index is -0.340. The summed E-state index contributed by atoms with van der Waals surface area (Å²) in [7, 11) is 0. The molecule has 0 atom stereocenters. The Balaban J connectivity index is 2.62. The maximum Gasteiger partial charge on any atom is 0.266 e. The predicted octanol–water partition coefficient (Wildman–Crippen LogP) is 3.52. The molecule has 0 aliphatic rings. The molecule has 3 nitrogen and oxygen atoms in total. The second-order valence-electron chi connectivity index (χ2n) is 5.99. The van der Waals surface area contributed by atoms with Crippen molar-refractivity contribution in [3.05, 3.63) is 57.5 Å². The molecule has 0 bridgehead atoms. The lowest BCUT2D eigenvalue weighted by molar-refractivity contribution is 0.590. The molecule has 2 aromatic rings. The van der Waals surface area contributed by atoms with Crippen LogP contribution in [0.25, 0.3) is 11.1 Å². The van der Waals surface area contributed by atoms with Crippen LogP contribution >= 0.6 is 0 Å². The average molecular weight is 266 g/mol. The first-order valence-electron chi connectivity index (χ1n) is 6.58. The standard InChI is InChI=1S/C17H18N2O/c1-11-10-19-16(20)14(9-18)15(11)12-5-7-13(8-6-12)17(2,3)4/h5-8,10H,1-4H3,(H,19,20). The fraction of sp³-hybridized carbons (Fsp3) is 0.294. The van der Waals surface area contributed by atoms with Gasteiger partial charge in [0.05, 0.1) is 0 Å². The summed E-state index contributed by atoms with van der Waals surface area (Å²) < 4.78 is 0. The summed E-state index contributed by atoms with van der Waals surface area (Å²) in [4.78, 5) is 14.3. The van der Waals surface area contributed by atoms with Crippen molar-refractivity contribution in [2.24, 2.45) is 0 Å². The number of hydrogen-bond acceptors (Lipinski definition) is 2. The first-order chi connectivity index (χ1) is 9.34. The number of rotatable bonds is 1. The minimum Gasteiger partial charge on any atom is -0.328 e. The predicted molar refractivity (Wildman–Crippen MR) is 80.7 cm³/mol. The maximum atomic E-state index is 11.7. The van der Waals surface area contributed by atoms with E-state index < -0.39 is 0 Å². The molecule has 20 heavy (non-hydrogen) atoms. The molecule has 0 aliphatic heterocycles. The Hall–Kier alpha value is -2.34. The zero-order chi connectivity index (χ0) is 14.9. The molecule has 0 saturated carbocycles. The third-order valence-corrected chi connectivity index (χ3v) is 3.44.